The van der Waals surface area contributed by atoms with Crippen molar-refractivity contribution >= 4 is 17.9 Å². The van der Waals surface area contributed by atoms with Gasteiger partial charge < -0.3 is 14.2 Å². The van der Waals surface area contributed by atoms with E-state index in [2.05, 4.69) is 81.5 Å². The number of esters is 3. The Bertz CT molecular complexity index is 1260. The minimum Gasteiger partial charge on any atom is -0.462 e. The topological polar surface area (TPSA) is 78.9 Å². The predicted molar refractivity (Wildman–Crippen MR) is 302 cm³/mol. The number of hydrogen-bond acceptors (Lipinski definition) is 6. The van der Waals surface area contributed by atoms with Crippen LogP contribution < -0.4 is 0 Å². The highest BCUT2D eigenvalue weighted by Crippen LogP contribution is 2.17. The lowest BCUT2D eigenvalue weighted by Crippen LogP contribution is -2.30. The number of unbranched alkanes of at least 4 members (excludes halogenated alkanes) is 34. The van der Waals surface area contributed by atoms with E-state index in [-0.39, 0.29) is 31.1 Å². The van der Waals surface area contributed by atoms with Crippen molar-refractivity contribution in [3.63, 3.8) is 0 Å². The van der Waals surface area contributed by atoms with Crippen LogP contribution in [0.3, 0.4) is 0 Å². The van der Waals surface area contributed by atoms with Gasteiger partial charge in [0.2, 0.25) is 0 Å². The Hall–Kier alpha value is -2.89. The monoisotopic (exact) mass is 979 g/mol. The Morgan fingerprint density at radius 1 is 0.300 bits per heavy atom. The van der Waals surface area contributed by atoms with E-state index in [1.165, 1.54) is 180 Å². The third kappa shape index (κ3) is 56.0. The van der Waals surface area contributed by atoms with E-state index in [0.717, 1.165) is 89.9 Å². The molecule has 6 heteroatoms. The SMILES string of the molecule is CC/C=C\C/C=C\C/C=C\C/C=C\C/C=C\CCCCCCCCCCCCCCCCCCCCCC(=O)OCC(COC(=O)CCCCCCCCC)OC(=O)CCCCCCCCCCCC. The molecule has 406 valence electrons. The standard InChI is InChI=1S/C64H114O6/c1-4-7-10-13-16-18-20-21-22-23-24-25-26-27-28-29-30-31-32-33-34-35-36-37-38-39-40-41-42-43-44-46-48-51-54-57-63(66)69-60-61(59-68-62(65)56-53-50-47-15-12-9-6-3)70-64(67)58-55-52-49-45-19-17-14-11-8-5-2/h7,10,16,18,21-22,24-25,27-28,61H,4-6,8-9,11-15,17,19-20,23,26,29-60H2,1-3H3/b10-7-,18-16-,22-21-,25-24-,28-27-. The highest BCUT2D eigenvalue weighted by Gasteiger charge is 2.19. The summed E-state index contributed by atoms with van der Waals surface area (Å²) < 4.78 is 16.7. The zero-order valence-electron chi connectivity index (χ0n) is 46.5. The summed E-state index contributed by atoms with van der Waals surface area (Å²) >= 11 is 0. The van der Waals surface area contributed by atoms with E-state index in [0.29, 0.717) is 19.3 Å². The van der Waals surface area contributed by atoms with Gasteiger partial charge in [0.05, 0.1) is 0 Å². The van der Waals surface area contributed by atoms with Crippen molar-refractivity contribution in [2.75, 3.05) is 13.2 Å². The first-order chi connectivity index (χ1) is 34.5. The normalized spacial score (nSPS) is 12.4. The fourth-order valence-corrected chi connectivity index (χ4v) is 8.77. The van der Waals surface area contributed by atoms with E-state index < -0.39 is 6.10 Å². The largest absolute Gasteiger partial charge is 0.462 e. The highest BCUT2D eigenvalue weighted by molar-refractivity contribution is 5.71. The summed E-state index contributed by atoms with van der Waals surface area (Å²) in [4.78, 5) is 37.8. The fourth-order valence-electron chi connectivity index (χ4n) is 8.77. The van der Waals surface area contributed by atoms with Crippen LogP contribution in [-0.2, 0) is 28.6 Å². The molecule has 0 radical (unpaired) electrons. The van der Waals surface area contributed by atoms with Gasteiger partial charge in [-0.15, -0.1) is 0 Å². The van der Waals surface area contributed by atoms with Crippen molar-refractivity contribution in [2.45, 2.75) is 316 Å². The molecule has 0 aromatic carbocycles. The molecule has 0 heterocycles. The minimum absolute atomic E-state index is 0.0678. The third-order valence-electron chi connectivity index (χ3n) is 13.3. The lowest BCUT2D eigenvalue weighted by Gasteiger charge is -2.18. The number of carbonyl (C=O) groups excluding carboxylic acids is 3. The van der Waals surface area contributed by atoms with Gasteiger partial charge in [0.1, 0.15) is 13.2 Å². The summed E-state index contributed by atoms with van der Waals surface area (Å²) in [5, 5.41) is 0. The zero-order valence-corrected chi connectivity index (χ0v) is 46.5. The van der Waals surface area contributed by atoms with E-state index in [9.17, 15) is 14.4 Å². The number of allylic oxidation sites excluding steroid dienone is 10. The molecule has 0 aromatic rings. The van der Waals surface area contributed by atoms with Gasteiger partial charge in [-0.1, -0.05) is 287 Å². The van der Waals surface area contributed by atoms with Crippen molar-refractivity contribution < 1.29 is 28.6 Å². The Labute approximate surface area is 434 Å². The fraction of sp³-hybridized carbons (Fsp3) is 0.797. The second kappa shape index (κ2) is 58.7. The van der Waals surface area contributed by atoms with Crippen molar-refractivity contribution in [3.05, 3.63) is 60.8 Å². The summed E-state index contributed by atoms with van der Waals surface area (Å²) in [6, 6.07) is 0. The van der Waals surface area contributed by atoms with Gasteiger partial charge in [0.15, 0.2) is 6.10 Å². The summed E-state index contributed by atoms with van der Waals surface area (Å²) in [5.41, 5.74) is 0. The molecule has 0 spiro atoms. The third-order valence-corrected chi connectivity index (χ3v) is 13.3. The number of carbonyl (C=O) groups is 3. The molecule has 0 N–H and O–H groups in total. The van der Waals surface area contributed by atoms with Crippen LogP contribution in [0, 0.1) is 0 Å². The number of ether oxygens (including phenoxy) is 3. The Kier molecular flexibility index (Phi) is 56.3. The average molecular weight is 980 g/mol. The van der Waals surface area contributed by atoms with Crippen LogP contribution in [0.2, 0.25) is 0 Å². The van der Waals surface area contributed by atoms with E-state index in [1.54, 1.807) is 0 Å². The van der Waals surface area contributed by atoms with E-state index >= 15 is 0 Å². The highest BCUT2D eigenvalue weighted by atomic mass is 16.6. The molecule has 0 aliphatic rings. The smallest absolute Gasteiger partial charge is 0.306 e. The molecule has 0 aromatic heterocycles. The number of rotatable bonds is 55. The molecule has 0 bridgehead atoms. The Balaban J connectivity index is 3.88. The van der Waals surface area contributed by atoms with Crippen LogP contribution in [0.5, 0.6) is 0 Å². The predicted octanol–water partition coefficient (Wildman–Crippen LogP) is 20.4. The van der Waals surface area contributed by atoms with Crippen molar-refractivity contribution in [2.24, 2.45) is 0 Å². The van der Waals surface area contributed by atoms with Gasteiger partial charge in [0, 0.05) is 19.3 Å². The summed E-state index contributed by atoms with van der Waals surface area (Å²) in [6.45, 7) is 6.49. The maximum atomic E-state index is 12.7. The molecule has 0 aliphatic carbocycles. The molecule has 0 saturated carbocycles. The van der Waals surface area contributed by atoms with Crippen molar-refractivity contribution in [1.29, 1.82) is 0 Å². The second-order valence-electron chi connectivity index (χ2n) is 20.2. The maximum absolute atomic E-state index is 12.7. The van der Waals surface area contributed by atoms with Crippen LogP contribution in [0.25, 0.3) is 0 Å². The van der Waals surface area contributed by atoms with Crippen LogP contribution in [0.1, 0.15) is 310 Å². The first kappa shape index (κ1) is 67.1. The van der Waals surface area contributed by atoms with E-state index in [4.69, 9.17) is 14.2 Å². The first-order valence-electron chi connectivity index (χ1n) is 30.3. The quantitative estimate of drug-likeness (QED) is 0.0261. The lowest BCUT2D eigenvalue weighted by atomic mass is 10.0. The molecule has 1 unspecified atom stereocenters. The van der Waals surface area contributed by atoms with Crippen molar-refractivity contribution in [1.82, 2.24) is 0 Å². The molecule has 0 saturated heterocycles. The van der Waals surface area contributed by atoms with Crippen LogP contribution in [-0.4, -0.2) is 37.2 Å². The molecule has 1 atom stereocenters. The summed E-state index contributed by atoms with van der Waals surface area (Å²) in [7, 11) is 0. The van der Waals surface area contributed by atoms with Gasteiger partial charge in [-0.3, -0.25) is 14.4 Å². The molecule has 0 fully saturated rings. The van der Waals surface area contributed by atoms with Gasteiger partial charge in [-0.25, -0.2) is 0 Å². The Morgan fingerprint density at radius 2 is 0.557 bits per heavy atom. The van der Waals surface area contributed by atoms with Gasteiger partial charge in [-0.2, -0.15) is 0 Å². The molecule has 0 rings (SSSR count). The van der Waals surface area contributed by atoms with E-state index in [1.807, 2.05) is 0 Å². The van der Waals surface area contributed by atoms with Gasteiger partial charge in [0.25, 0.3) is 0 Å². The van der Waals surface area contributed by atoms with Gasteiger partial charge in [-0.05, 0) is 64.2 Å². The molecule has 70 heavy (non-hydrogen) atoms. The molecule has 0 aliphatic heterocycles. The Morgan fingerprint density at radius 3 is 0.871 bits per heavy atom. The lowest BCUT2D eigenvalue weighted by molar-refractivity contribution is -0.167. The minimum atomic E-state index is -0.764. The maximum Gasteiger partial charge on any atom is 0.306 e. The van der Waals surface area contributed by atoms with Crippen LogP contribution in [0.15, 0.2) is 60.8 Å². The zero-order chi connectivity index (χ0) is 50.7. The molecular weight excluding hydrogens is 865 g/mol. The average Bonchev–Trinajstić information content (AvgIpc) is 3.36. The summed E-state index contributed by atoms with van der Waals surface area (Å²) in [6.07, 6.45) is 74.2. The van der Waals surface area contributed by atoms with Crippen LogP contribution >= 0.6 is 0 Å². The second-order valence-corrected chi connectivity index (χ2v) is 20.2. The summed E-state index contributed by atoms with van der Waals surface area (Å²) in [5.74, 6) is -0.863. The molecular formula is C64H114O6. The van der Waals surface area contributed by atoms with Crippen molar-refractivity contribution in [3.8, 4) is 0 Å². The van der Waals surface area contributed by atoms with Gasteiger partial charge >= 0.3 is 17.9 Å². The number of hydrogen-bond donors (Lipinski definition) is 0. The molecule has 0 amide bonds. The molecule has 6 nitrogen and oxygen atoms in total. The van der Waals surface area contributed by atoms with Crippen LogP contribution in [0.4, 0.5) is 0 Å². The first-order valence-corrected chi connectivity index (χ1v) is 30.3.